The van der Waals surface area contributed by atoms with Crippen LogP contribution in [0.25, 0.3) is 0 Å². The zero-order valence-corrected chi connectivity index (χ0v) is 26.5. The molecule has 1 fully saturated rings. The predicted molar refractivity (Wildman–Crippen MR) is 167 cm³/mol. The molecule has 2 amide bonds. The molecule has 2 aromatic rings. The van der Waals surface area contributed by atoms with Gasteiger partial charge >= 0.3 is 11.9 Å². The van der Waals surface area contributed by atoms with Crippen LogP contribution in [0.4, 0.5) is 5.69 Å². The fourth-order valence-electron chi connectivity index (χ4n) is 4.82. The molecule has 248 valence electrons. The van der Waals surface area contributed by atoms with Crippen molar-refractivity contribution < 1.29 is 48.0 Å². The van der Waals surface area contributed by atoms with Crippen LogP contribution < -0.4 is 20.1 Å². The number of benzene rings is 2. The fraction of sp³-hybridized carbons (Fsp3) is 0.424. The van der Waals surface area contributed by atoms with Crippen molar-refractivity contribution in [1.82, 2.24) is 10.2 Å². The largest absolute Gasteiger partial charge is 0.493 e. The first-order valence-corrected chi connectivity index (χ1v) is 14.7. The summed E-state index contributed by atoms with van der Waals surface area (Å²) in [6, 6.07) is 11.0. The van der Waals surface area contributed by atoms with E-state index in [0.29, 0.717) is 42.1 Å². The van der Waals surface area contributed by atoms with Crippen LogP contribution in [0.2, 0.25) is 0 Å². The van der Waals surface area contributed by atoms with Crippen molar-refractivity contribution in [2.24, 2.45) is 5.41 Å². The number of aliphatic hydroxyl groups is 1. The molecule has 2 aromatic carbocycles. The van der Waals surface area contributed by atoms with Gasteiger partial charge in [-0.3, -0.25) is 14.4 Å². The van der Waals surface area contributed by atoms with Crippen LogP contribution in [0, 0.1) is 5.41 Å². The molecular weight excluding hydrogens is 598 g/mol. The van der Waals surface area contributed by atoms with E-state index < -0.39 is 53.7 Å². The third-order valence-electron chi connectivity index (χ3n) is 7.41. The number of rotatable bonds is 15. The number of piperazine rings is 1. The summed E-state index contributed by atoms with van der Waals surface area (Å²) in [5, 5.41) is 14.8. The van der Waals surface area contributed by atoms with E-state index in [9.17, 15) is 24.0 Å². The molecule has 1 aliphatic heterocycles. The van der Waals surface area contributed by atoms with Gasteiger partial charge in [-0.2, -0.15) is 0 Å². The summed E-state index contributed by atoms with van der Waals surface area (Å²) in [6.07, 6.45) is 0.902. The molecule has 13 heteroatoms. The summed E-state index contributed by atoms with van der Waals surface area (Å²) in [5.41, 5.74) is 0.484. The van der Waals surface area contributed by atoms with E-state index in [1.54, 1.807) is 30.3 Å². The summed E-state index contributed by atoms with van der Waals surface area (Å²) < 4.78 is 21.8. The average Bonchev–Trinajstić information content (AvgIpc) is 3.07. The Morgan fingerprint density at radius 3 is 2.52 bits per heavy atom. The Morgan fingerprint density at radius 1 is 1.11 bits per heavy atom. The number of methoxy groups -OCH3 is 2. The Kier molecular flexibility index (Phi) is 12.8. The summed E-state index contributed by atoms with van der Waals surface area (Å²) in [7, 11) is 3.07. The van der Waals surface area contributed by atoms with Crippen LogP contribution in [0.1, 0.15) is 37.5 Å². The number of aryl methyl sites for hydroxylation is 1. The molecule has 46 heavy (non-hydrogen) atoms. The number of ether oxygens (including phenoxy) is 4. The van der Waals surface area contributed by atoms with Gasteiger partial charge in [0.25, 0.3) is 5.91 Å². The highest BCUT2D eigenvalue weighted by atomic mass is 16.5. The Morgan fingerprint density at radius 2 is 1.85 bits per heavy atom. The maximum Gasteiger partial charge on any atom is 0.330 e. The van der Waals surface area contributed by atoms with Crippen molar-refractivity contribution in [3.8, 4) is 11.5 Å². The lowest BCUT2D eigenvalue weighted by Crippen LogP contribution is -2.60. The monoisotopic (exact) mass is 639 g/mol. The molecular formula is C33H41N3O10. The molecule has 13 nitrogen and oxygen atoms in total. The second-order valence-electron chi connectivity index (χ2n) is 11.2. The van der Waals surface area contributed by atoms with E-state index in [-0.39, 0.29) is 19.7 Å². The second kappa shape index (κ2) is 16.5. The quantitative estimate of drug-likeness (QED) is 0.148. The zero-order chi connectivity index (χ0) is 33.9. The van der Waals surface area contributed by atoms with Crippen molar-refractivity contribution in [3.05, 3.63) is 66.2 Å². The first-order chi connectivity index (χ1) is 21.9. The minimum atomic E-state index is -1.35. The van der Waals surface area contributed by atoms with Gasteiger partial charge < -0.3 is 39.6 Å². The van der Waals surface area contributed by atoms with Crippen LogP contribution in [-0.2, 0) is 39.9 Å². The molecule has 0 bridgehead atoms. The molecule has 1 aliphatic rings. The summed E-state index contributed by atoms with van der Waals surface area (Å²) in [5.74, 6) is -2.67. The number of nitrogens with zero attached hydrogens (tertiary/aromatic N) is 1. The molecule has 0 spiro atoms. The van der Waals surface area contributed by atoms with E-state index in [2.05, 4.69) is 17.2 Å². The summed E-state index contributed by atoms with van der Waals surface area (Å²) >= 11 is 0. The van der Waals surface area contributed by atoms with Gasteiger partial charge in [0, 0.05) is 31.4 Å². The molecule has 0 unspecified atom stereocenters. The van der Waals surface area contributed by atoms with Crippen molar-refractivity contribution in [2.45, 2.75) is 38.8 Å². The zero-order valence-electron chi connectivity index (χ0n) is 26.5. The van der Waals surface area contributed by atoms with Crippen molar-refractivity contribution >= 4 is 35.2 Å². The predicted octanol–water partition coefficient (Wildman–Crippen LogP) is 1.98. The van der Waals surface area contributed by atoms with Gasteiger partial charge in [-0.25, -0.2) is 9.59 Å². The number of hydrogen-bond donors (Lipinski definition) is 3. The van der Waals surface area contributed by atoms with Gasteiger partial charge in [0.1, 0.15) is 25.4 Å². The van der Waals surface area contributed by atoms with Crippen molar-refractivity contribution in [3.63, 3.8) is 0 Å². The van der Waals surface area contributed by atoms with Crippen LogP contribution in [-0.4, -0.2) is 92.7 Å². The van der Waals surface area contributed by atoms with Crippen molar-refractivity contribution in [2.75, 3.05) is 52.4 Å². The Balaban J connectivity index is 1.86. The van der Waals surface area contributed by atoms with E-state index in [1.165, 1.54) is 33.0 Å². The highest BCUT2D eigenvalue weighted by Gasteiger charge is 2.42. The lowest BCUT2D eigenvalue weighted by Gasteiger charge is -2.36. The first kappa shape index (κ1) is 35.7. The van der Waals surface area contributed by atoms with E-state index in [4.69, 9.17) is 24.1 Å². The number of amides is 2. The number of hydrogen-bond acceptors (Lipinski definition) is 11. The number of carbonyl (C=O) groups excluding carboxylic acids is 5. The van der Waals surface area contributed by atoms with Gasteiger partial charge in [0.05, 0.1) is 19.6 Å². The lowest BCUT2D eigenvalue weighted by atomic mass is 9.88. The third kappa shape index (κ3) is 9.38. The van der Waals surface area contributed by atoms with E-state index in [1.807, 2.05) is 12.1 Å². The van der Waals surface area contributed by atoms with Crippen LogP contribution in [0.3, 0.4) is 0 Å². The van der Waals surface area contributed by atoms with E-state index >= 15 is 0 Å². The van der Waals surface area contributed by atoms with Gasteiger partial charge in [-0.05, 0) is 62.1 Å². The van der Waals surface area contributed by atoms with E-state index in [0.717, 1.165) is 11.6 Å². The maximum absolute atomic E-state index is 13.7. The fourth-order valence-corrected chi connectivity index (χ4v) is 4.82. The number of esters is 2. The number of carbonyl (C=O) groups is 5. The SMILES string of the molecule is C=CC(=O)OCC(C)(C)C(=O)C(=O)N1CCNC[C@H]1C(=O)O[C@H](CCc1ccc(OC)c(OC)c1)c1cccc(NC(=O)CO)c1. The molecule has 1 heterocycles. The molecule has 3 N–H and O–H groups in total. The van der Waals surface area contributed by atoms with Crippen LogP contribution >= 0.6 is 0 Å². The molecule has 0 radical (unpaired) electrons. The summed E-state index contributed by atoms with van der Waals surface area (Å²) in [4.78, 5) is 64.9. The lowest BCUT2D eigenvalue weighted by molar-refractivity contribution is -0.164. The number of anilines is 1. The van der Waals surface area contributed by atoms with Gasteiger partial charge in [0.15, 0.2) is 11.5 Å². The number of nitrogens with one attached hydrogen (secondary N) is 2. The smallest absolute Gasteiger partial charge is 0.330 e. The molecule has 0 saturated carbocycles. The van der Waals surface area contributed by atoms with Gasteiger partial charge in [-0.15, -0.1) is 0 Å². The molecule has 0 aliphatic carbocycles. The normalized spacial score (nSPS) is 15.2. The molecule has 1 saturated heterocycles. The Labute approximate surface area is 267 Å². The standard InChI is InChI=1S/C33H41N3O10/c1-6-29(39)45-20-33(2,3)30(40)31(41)36-15-14-34-18-24(36)32(42)46-25(22-8-7-9-23(17-22)35-28(38)19-37)12-10-21-11-13-26(43-4)27(16-21)44-5/h6-9,11,13,16-17,24-25,34,37H,1,10,12,14-15,18-20H2,2-5H3,(H,35,38)/t24-,25+/m0/s1. The number of Topliss-reactive ketones (excluding diaryl/α,β-unsaturated/α-hetero) is 1. The van der Waals surface area contributed by atoms with Crippen LogP contribution in [0.15, 0.2) is 55.1 Å². The Hall–Kier alpha value is -4.75. The molecule has 2 atom stereocenters. The minimum absolute atomic E-state index is 0.0543. The molecule has 3 rings (SSSR count). The van der Waals surface area contributed by atoms with Gasteiger partial charge in [-0.1, -0.05) is 24.8 Å². The number of aliphatic hydroxyl groups excluding tert-OH is 1. The summed E-state index contributed by atoms with van der Waals surface area (Å²) in [6.45, 7) is 5.72. The maximum atomic E-state index is 13.7. The highest BCUT2D eigenvalue weighted by Crippen LogP contribution is 2.31. The van der Waals surface area contributed by atoms with Crippen molar-refractivity contribution in [1.29, 1.82) is 0 Å². The molecule has 0 aromatic heterocycles. The second-order valence-corrected chi connectivity index (χ2v) is 11.2. The van der Waals surface area contributed by atoms with Gasteiger partial charge in [0.2, 0.25) is 11.7 Å². The van der Waals surface area contributed by atoms with Crippen LogP contribution in [0.5, 0.6) is 11.5 Å². The average molecular weight is 640 g/mol. The Bertz CT molecular complexity index is 1440. The topological polar surface area (TPSA) is 170 Å². The first-order valence-electron chi connectivity index (χ1n) is 14.7. The third-order valence-corrected chi connectivity index (χ3v) is 7.41. The number of ketones is 1. The minimum Gasteiger partial charge on any atom is -0.493 e. The highest BCUT2D eigenvalue weighted by molar-refractivity contribution is 6.38.